The summed E-state index contributed by atoms with van der Waals surface area (Å²) in [5, 5.41) is 2.70. The highest BCUT2D eigenvalue weighted by Crippen LogP contribution is 2.38. The van der Waals surface area contributed by atoms with E-state index < -0.39 is 0 Å². The molecule has 40 heavy (non-hydrogen) atoms. The first-order valence-electron chi connectivity index (χ1n) is 12.5. The lowest BCUT2D eigenvalue weighted by Gasteiger charge is -2.16. The fraction of sp³-hybridized carbons (Fsp3) is 0.125. The van der Waals surface area contributed by atoms with Gasteiger partial charge in [-0.3, -0.25) is 14.5 Å². The number of amides is 2. The zero-order chi connectivity index (χ0) is 28.2. The van der Waals surface area contributed by atoms with Gasteiger partial charge in [0.1, 0.15) is 6.61 Å². The topological polar surface area (TPSA) is 55.8 Å². The summed E-state index contributed by atoms with van der Waals surface area (Å²) in [7, 11) is 1.56. The third kappa shape index (κ3) is 5.89. The molecule has 0 N–H and O–H groups in total. The summed E-state index contributed by atoms with van der Waals surface area (Å²) < 4.78 is 11.8. The van der Waals surface area contributed by atoms with E-state index in [2.05, 4.69) is 6.58 Å². The van der Waals surface area contributed by atoms with Crippen LogP contribution >= 0.6 is 35.0 Å². The molecule has 0 radical (unpaired) electrons. The SMILES string of the molecule is C=CCc1cc(/C=C2/SC(=O)N(Cc3cccc4ccccc34)C2=O)cc(OC)c1OCc1ccc(Cl)c(Cl)c1. The summed E-state index contributed by atoms with van der Waals surface area (Å²) in [5.41, 5.74) is 3.31. The predicted molar refractivity (Wildman–Crippen MR) is 163 cm³/mol. The van der Waals surface area contributed by atoms with Crippen LogP contribution in [0.2, 0.25) is 10.0 Å². The largest absolute Gasteiger partial charge is 0.493 e. The van der Waals surface area contributed by atoms with Gasteiger partial charge in [0.15, 0.2) is 11.5 Å². The van der Waals surface area contributed by atoms with Crippen molar-refractivity contribution in [2.24, 2.45) is 0 Å². The van der Waals surface area contributed by atoms with Crippen molar-refractivity contribution in [2.75, 3.05) is 7.11 Å². The second kappa shape index (κ2) is 12.2. The van der Waals surface area contributed by atoms with Crippen molar-refractivity contribution in [1.82, 2.24) is 4.90 Å². The fourth-order valence-electron chi connectivity index (χ4n) is 4.56. The summed E-state index contributed by atoms with van der Waals surface area (Å²) in [6.07, 6.45) is 3.99. The minimum Gasteiger partial charge on any atom is -0.493 e. The van der Waals surface area contributed by atoms with Crippen LogP contribution < -0.4 is 9.47 Å². The highest BCUT2D eigenvalue weighted by atomic mass is 35.5. The Kier molecular flexibility index (Phi) is 8.50. The van der Waals surface area contributed by atoms with Gasteiger partial charge in [-0.1, -0.05) is 77.8 Å². The smallest absolute Gasteiger partial charge is 0.293 e. The highest BCUT2D eigenvalue weighted by molar-refractivity contribution is 8.18. The number of halogens is 2. The minimum absolute atomic E-state index is 0.204. The molecule has 2 amide bonds. The summed E-state index contributed by atoms with van der Waals surface area (Å²) in [6.45, 7) is 4.32. The van der Waals surface area contributed by atoms with Gasteiger partial charge in [-0.05, 0) is 76.0 Å². The van der Waals surface area contributed by atoms with E-state index in [-0.39, 0.29) is 24.3 Å². The quantitative estimate of drug-likeness (QED) is 0.144. The number of hydrogen-bond acceptors (Lipinski definition) is 5. The molecule has 0 bridgehead atoms. The Morgan fingerprint density at radius 1 is 0.950 bits per heavy atom. The van der Waals surface area contributed by atoms with Gasteiger partial charge in [0.2, 0.25) is 0 Å². The zero-order valence-corrected chi connectivity index (χ0v) is 24.0. The maximum atomic E-state index is 13.3. The summed E-state index contributed by atoms with van der Waals surface area (Å²) in [5.74, 6) is 0.738. The molecule has 1 aliphatic rings. The lowest BCUT2D eigenvalue weighted by molar-refractivity contribution is -0.123. The summed E-state index contributed by atoms with van der Waals surface area (Å²) >= 11 is 13.1. The van der Waals surface area contributed by atoms with Crippen LogP contribution in [-0.4, -0.2) is 23.2 Å². The Hall–Kier alpha value is -3.71. The normalized spacial score (nSPS) is 14.3. The standard InChI is InChI=1S/C32H25Cl2NO4S/c1-3-7-23-14-21(16-28(38-2)30(23)39-19-20-12-13-26(33)27(34)15-20)17-29-31(36)35(32(37)40-29)18-24-10-6-9-22-8-4-5-11-25(22)24/h3-6,8-17H,1,7,18-19H2,2H3/b29-17+. The van der Waals surface area contributed by atoms with E-state index in [0.717, 1.165) is 39.2 Å². The lowest BCUT2D eigenvalue weighted by atomic mass is 10.0. The second-order valence-electron chi connectivity index (χ2n) is 9.15. The molecule has 0 aromatic heterocycles. The molecule has 1 saturated heterocycles. The molecule has 0 saturated carbocycles. The number of allylic oxidation sites excluding steroid dienone is 1. The number of carbonyl (C=O) groups is 2. The first-order valence-corrected chi connectivity index (χ1v) is 14.1. The van der Waals surface area contributed by atoms with Crippen molar-refractivity contribution in [2.45, 2.75) is 19.6 Å². The first-order chi connectivity index (χ1) is 19.4. The van der Waals surface area contributed by atoms with Crippen LogP contribution in [0.5, 0.6) is 11.5 Å². The van der Waals surface area contributed by atoms with Crippen molar-refractivity contribution in [3.63, 3.8) is 0 Å². The fourth-order valence-corrected chi connectivity index (χ4v) is 5.72. The number of imide groups is 1. The maximum Gasteiger partial charge on any atom is 0.293 e. The van der Waals surface area contributed by atoms with Gasteiger partial charge >= 0.3 is 0 Å². The molecular formula is C32H25Cl2NO4S. The molecule has 8 heteroatoms. The van der Waals surface area contributed by atoms with Gasteiger partial charge in [0.05, 0.1) is 28.6 Å². The number of benzene rings is 4. The van der Waals surface area contributed by atoms with E-state index in [1.54, 1.807) is 37.5 Å². The third-order valence-corrected chi connectivity index (χ3v) is 8.13. The van der Waals surface area contributed by atoms with Gasteiger partial charge in [-0.2, -0.15) is 0 Å². The van der Waals surface area contributed by atoms with Crippen LogP contribution in [0.25, 0.3) is 16.8 Å². The lowest BCUT2D eigenvalue weighted by Crippen LogP contribution is -2.27. The average Bonchev–Trinajstić information content (AvgIpc) is 3.21. The molecule has 5 rings (SSSR count). The highest BCUT2D eigenvalue weighted by Gasteiger charge is 2.35. The number of thioether (sulfide) groups is 1. The Balaban J connectivity index is 1.41. The van der Waals surface area contributed by atoms with Gasteiger partial charge in [0.25, 0.3) is 11.1 Å². The van der Waals surface area contributed by atoms with Crippen molar-refractivity contribution in [1.29, 1.82) is 0 Å². The molecule has 0 atom stereocenters. The molecule has 1 fully saturated rings. The number of nitrogens with zero attached hydrogens (tertiary/aromatic N) is 1. The van der Waals surface area contributed by atoms with Crippen molar-refractivity contribution in [3.8, 4) is 11.5 Å². The van der Waals surface area contributed by atoms with Gasteiger partial charge in [-0.25, -0.2) is 0 Å². The van der Waals surface area contributed by atoms with E-state index in [4.69, 9.17) is 32.7 Å². The van der Waals surface area contributed by atoms with Crippen LogP contribution in [0.1, 0.15) is 22.3 Å². The van der Waals surface area contributed by atoms with E-state index in [9.17, 15) is 9.59 Å². The predicted octanol–water partition coefficient (Wildman–Crippen LogP) is 8.70. The zero-order valence-electron chi connectivity index (χ0n) is 21.7. The second-order valence-corrected chi connectivity index (χ2v) is 11.0. The van der Waals surface area contributed by atoms with Crippen molar-refractivity contribution < 1.29 is 19.1 Å². The maximum absolute atomic E-state index is 13.3. The molecule has 4 aromatic carbocycles. The van der Waals surface area contributed by atoms with E-state index >= 15 is 0 Å². The molecule has 0 unspecified atom stereocenters. The van der Waals surface area contributed by atoms with Gasteiger partial charge in [-0.15, -0.1) is 6.58 Å². The van der Waals surface area contributed by atoms with Gasteiger partial charge in [0, 0.05) is 5.56 Å². The first kappa shape index (κ1) is 27.8. The number of fused-ring (bicyclic) bond motifs is 1. The number of ether oxygens (including phenoxy) is 2. The summed E-state index contributed by atoms with van der Waals surface area (Å²) in [6, 6.07) is 22.8. The summed E-state index contributed by atoms with van der Waals surface area (Å²) in [4.78, 5) is 27.9. The molecule has 0 spiro atoms. The Morgan fingerprint density at radius 3 is 2.52 bits per heavy atom. The molecular weight excluding hydrogens is 565 g/mol. The van der Waals surface area contributed by atoms with Crippen LogP contribution in [0, 0.1) is 0 Å². The number of hydrogen-bond donors (Lipinski definition) is 0. The van der Waals surface area contributed by atoms with E-state index in [1.807, 2.05) is 54.6 Å². The van der Waals surface area contributed by atoms with Gasteiger partial charge < -0.3 is 9.47 Å². The molecule has 1 aliphatic heterocycles. The van der Waals surface area contributed by atoms with Crippen LogP contribution in [0.15, 0.2) is 90.4 Å². The minimum atomic E-state index is -0.327. The average molecular weight is 591 g/mol. The molecule has 1 heterocycles. The molecule has 202 valence electrons. The third-order valence-electron chi connectivity index (χ3n) is 6.49. The Morgan fingerprint density at radius 2 is 1.75 bits per heavy atom. The van der Waals surface area contributed by atoms with Crippen molar-refractivity contribution in [3.05, 3.63) is 123 Å². The number of methoxy groups -OCH3 is 1. The van der Waals surface area contributed by atoms with E-state index in [1.165, 1.54) is 4.90 Å². The molecule has 0 aliphatic carbocycles. The van der Waals surface area contributed by atoms with Crippen LogP contribution in [0.4, 0.5) is 4.79 Å². The van der Waals surface area contributed by atoms with Crippen molar-refractivity contribution >= 4 is 63.0 Å². The number of carbonyl (C=O) groups excluding carboxylic acids is 2. The van der Waals surface area contributed by atoms with Crippen LogP contribution in [-0.2, 0) is 24.4 Å². The van der Waals surface area contributed by atoms with E-state index in [0.29, 0.717) is 38.4 Å². The molecule has 4 aromatic rings. The monoisotopic (exact) mass is 589 g/mol. The Bertz CT molecular complexity index is 1660. The number of rotatable bonds is 9. The van der Waals surface area contributed by atoms with Crippen LogP contribution in [0.3, 0.4) is 0 Å². The Labute approximate surface area is 247 Å². The molecule has 5 nitrogen and oxygen atoms in total.